The lowest BCUT2D eigenvalue weighted by molar-refractivity contribution is 0.745. The monoisotopic (exact) mass is 491 g/mol. The highest BCUT2D eigenvalue weighted by Crippen LogP contribution is 2.59. The second-order valence-corrected chi connectivity index (χ2v) is 9.64. The molecule has 5 rings (SSSR count). The molecule has 1 heteroatoms. The van der Waals surface area contributed by atoms with Crippen LogP contribution in [0.1, 0.15) is 25.0 Å². The number of benzene rings is 4. The molecule has 0 spiro atoms. The zero-order valence-electron chi connectivity index (χ0n) is 22.2. The molecule has 4 aromatic carbocycles. The number of rotatable bonds is 8. The minimum atomic E-state index is -0.539. The fourth-order valence-electron chi connectivity index (χ4n) is 5.88. The van der Waals surface area contributed by atoms with Gasteiger partial charge in [0, 0.05) is 16.9 Å². The average molecular weight is 492 g/mol. The highest BCUT2D eigenvalue weighted by atomic mass is 15.1. The van der Waals surface area contributed by atoms with Crippen molar-refractivity contribution in [3.05, 3.63) is 170 Å². The Bertz CT molecular complexity index is 1580. The maximum absolute atomic E-state index is 4.56. The van der Waals surface area contributed by atoms with Crippen molar-refractivity contribution in [2.75, 3.05) is 4.90 Å². The van der Waals surface area contributed by atoms with E-state index in [9.17, 15) is 0 Å². The third kappa shape index (κ3) is 3.71. The first-order valence-electron chi connectivity index (χ1n) is 12.9. The van der Waals surface area contributed by atoms with E-state index in [2.05, 4.69) is 142 Å². The number of hydrogen-bond acceptors (Lipinski definition) is 1. The summed E-state index contributed by atoms with van der Waals surface area (Å²) in [6.07, 6.45) is 5.91. The topological polar surface area (TPSA) is 3.24 Å². The predicted molar refractivity (Wildman–Crippen MR) is 165 cm³/mol. The van der Waals surface area contributed by atoms with Crippen LogP contribution in [0.4, 0.5) is 11.4 Å². The maximum atomic E-state index is 4.56. The van der Waals surface area contributed by atoms with Crippen LogP contribution in [0.5, 0.6) is 0 Å². The minimum Gasteiger partial charge on any atom is -0.311 e. The second kappa shape index (κ2) is 10.0. The van der Waals surface area contributed by atoms with E-state index in [4.69, 9.17) is 0 Å². The summed E-state index contributed by atoms with van der Waals surface area (Å²) in [5.41, 5.74) is 11.7. The summed E-state index contributed by atoms with van der Waals surface area (Å²) in [6.45, 7) is 21.5. The van der Waals surface area contributed by atoms with Gasteiger partial charge < -0.3 is 4.90 Å². The van der Waals surface area contributed by atoms with E-state index < -0.39 is 5.41 Å². The fraction of sp³-hybridized carbons (Fsp3) is 0.0811. The second-order valence-electron chi connectivity index (χ2n) is 9.64. The van der Waals surface area contributed by atoms with E-state index in [0.717, 1.165) is 22.6 Å². The van der Waals surface area contributed by atoms with Crippen molar-refractivity contribution >= 4 is 11.4 Å². The minimum absolute atomic E-state index is 0.539. The SMILES string of the molecule is C=CC(=C)N(c1ccc(-c2ccccc2)cc1)c1cccc2c1C(C(=C)C=C)(/C(C)=C/C)c1ccccc1-2. The Balaban J connectivity index is 1.79. The first-order chi connectivity index (χ1) is 18.5. The van der Waals surface area contributed by atoms with Crippen LogP contribution >= 0.6 is 0 Å². The van der Waals surface area contributed by atoms with Crippen LogP contribution in [0, 0.1) is 0 Å². The van der Waals surface area contributed by atoms with Gasteiger partial charge in [-0.05, 0) is 71.5 Å². The summed E-state index contributed by atoms with van der Waals surface area (Å²) >= 11 is 0. The molecule has 1 aliphatic rings. The molecule has 0 radical (unpaired) electrons. The zero-order valence-corrected chi connectivity index (χ0v) is 22.2. The molecular weight excluding hydrogens is 458 g/mol. The predicted octanol–water partition coefficient (Wildman–Crippen LogP) is 10.2. The molecule has 0 amide bonds. The van der Waals surface area contributed by atoms with Gasteiger partial charge in [0.25, 0.3) is 0 Å². The van der Waals surface area contributed by atoms with Crippen LogP contribution in [0.3, 0.4) is 0 Å². The molecule has 0 aliphatic heterocycles. The Morgan fingerprint density at radius 1 is 0.711 bits per heavy atom. The van der Waals surface area contributed by atoms with Crippen LogP contribution in [0.25, 0.3) is 22.3 Å². The Hall–Kier alpha value is -4.62. The number of nitrogens with zero attached hydrogens (tertiary/aromatic N) is 1. The van der Waals surface area contributed by atoms with Gasteiger partial charge >= 0.3 is 0 Å². The van der Waals surface area contributed by atoms with Crippen molar-refractivity contribution in [3.8, 4) is 22.3 Å². The van der Waals surface area contributed by atoms with E-state index in [1.807, 2.05) is 18.2 Å². The van der Waals surface area contributed by atoms with Crippen LogP contribution in [-0.2, 0) is 5.41 Å². The summed E-state index contributed by atoms with van der Waals surface area (Å²) in [6, 6.07) is 34.3. The first-order valence-corrected chi connectivity index (χ1v) is 12.9. The highest BCUT2D eigenvalue weighted by molar-refractivity contribution is 5.93. The number of allylic oxidation sites excluding steroid dienone is 5. The van der Waals surface area contributed by atoms with Gasteiger partial charge in [-0.1, -0.05) is 123 Å². The van der Waals surface area contributed by atoms with Crippen molar-refractivity contribution in [2.24, 2.45) is 0 Å². The van der Waals surface area contributed by atoms with E-state index in [1.165, 1.54) is 39.0 Å². The Morgan fingerprint density at radius 2 is 1.34 bits per heavy atom. The van der Waals surface area contributed by atoms with Gasteiger partial charge in [-0.2, -0.15) is 0 Å². The van der Waals surface area contributed by atoms with Crippen LogP contribution in [0.15, 0.2) is 158 Å². The Morgan fingerprint density at radius 3 is 2.00 bits per heavy atom. The van der Waals surface area contributed by atoms with Gasteiger partial charge in [-0.3, -0.25) is 0 Å². The number of anilines is 2. The lowest BCUT2D eigenvalue weighted by Crippen LogP contribution is -2.31. The molecule has 0 heterocycles. The summed E-state index contributed by atoms with van der Waals surface area (Å²) in [7, 11) is 0. The molecule has 0 fully saturated rings. The largest absolute Gasteiger partial charge is 0.311 e. The fourth-order valence-corrected chi connectivity index (χ4v) is 5.88. The van der Waals surface area contributed by atoms with Crippen molar-refractivity contribution in [1.82, 2.24) is 0 Å². The van der Waals surface area contributed by atoms with E-state index in [0.29, 0.717) is 0 Å². The number of fused-ring (bicyclic) bond motifs is 3. The normalized spacial score (nSPS) is 15.8. The summed E-state index contributed by atoms with van der Waals surface area (Å²) in [5, 5.41) is 0. The maximum Gasteiger partial charge on any atom is 0.0685 e. The molecular formula is C37H33N. The molecule has 0 bridgehead atoms. The van der Waals surface area contributed by atoms with Gasteiger partial charge in [0.1, 0.15) is 0 Å². The van der Waals surface area contributed by atoms with Crippen LogP contribution < -0.4 is 4.90 Å². The molecule has 0 saturated heterocycles. The van der Waals surface area contributed by atoms with Gasteiger partial charge in [-0.25, -0.2) is 0 Å². The van der Waals surface area contributed by atoms with Gasteiger partial charge in [0.2, 0.25) is 0 Å². The molecule has 1 unspecified atom stereocenters. The Labute approximate surface area is 227 Å². The van der Waals surface area contributed by atoms with Crippen molar-refractivity contribution in [2.45, 2.75) is 19.3 Å². The smallest absolute Gasteiger partial charge is 0.0685 e. The Kier molecular flexibility index (Phi) is 6.61. The van der Waals surface area contributed by atoms with E-state index >= 15 is 0 Å². The third-order valence-corrected chi connectivity index (χ3v) is 7.79. The van der Waals surface area contributed by atoms with Gasteiger partial charge in [0.15, 0.2) is 0 Å². The lowest BCUT2D eigenvalue weighted by atomic mass is 9.67. The lowest BCUT2D eigenvalue weighted by Gasteiger charge is -2.38. The standard InChI is InChI=1S/C37H33N/c1-7-26(4)37(27(5)8-2)34-20-14-13-18-32(34)33-19-15-21-35(36(33)37)38(28(6)9-3)31-24-22-30(23-25-31)29-16-11-10-12-17-29/h7-25H,1,3-4,6H2,2,5H3/b27-8+. The molecule has 38 heavy (non-hydrogen) atoms. The van der Waals surface area contributed by atoms with Gasteiger partial charge in [0.05, 0.1) is 11.1 Å². The van der Waals surface area contributed by atoms with Crippen molar-refractivity contribution in [1.29, 1.82) is 0 Å². The molecule has 0 saturated carbocycles. The highest BCUT2D eigenvalue weighted by Gasteiger charge is 2.47. The van der Waals surface area contributed by atoms with Crippen molar-refractivity contribution in [3.63, 3.8) is 0 Å². The first kappa shape index (κ1) is 25.0. The summed E-state index contributed by atoms with van der Waals surface area (Å²) in [4.78, 5) is 2.21. The molecule has 1 atom stereocenters. The molecule has 186 valence electrons. The summed E-state index contributed by atoms with van der Waals surface area (Å²) < 4.78 is 0. The molecule has 1 aliphatic carbocycles. The van der Waals surface area contributed by atoms with Gasteiger partial charge in [-0.15, -0.1) is 0 Å². The molecule has 0 N–H and O–H groups in total. The van der Waals surface area contributed by atoms with E-state index in [-0.39, 0.29) is 0 Å². The molecule has 4 aromatic rings. The average Bonchev–Trinajstić information content (AvgIpc) is 3.29. The number of hydrogen-bond donors (Lipinski definition) is 0. The third-order valence-electron chi connectivity index (χ3n) is 7.79. The van der Waals surface area contributed by atoms with E-state index in [1.54, 1.807) is 0 Å². The quantitative estimate of drug-likeness (QED) is 0.175. The van der Waals surface area contributed by atoms with Crippen LogP contribution in [-0.4, -0.2) is 0 Å². The van der Waals surface area contributed by atoms with Crippen LogP contribution in [0.2, 0.25) is 0 Å². The zero-order chi connectivity index (χ0) is 26.9. The molecule has 0 aromatic heterocycles. The summed E-state index contributed by atoms with van der Waals surface area (Å²) in [5.74, 6) is 0. The molecule has 1 nitrogen and oxygen atoms in total. The van der Waals surface area contributed by atoms with Crippen molar-refractivity contribution < 1.29 is 0 Å².